The lowest BCUT2D eigenvalue weighted by Gasteiger charge is -2.07. The van der Waals surface area contributed by atoms with Crippen molar-refractivity contribution in [2.24, 2.45) is 0 Å². The Balaban J connectivity index is 2.93. The van der Waals surface area contributed by atoms with Crippen molar-refractivity contribution < 1.29 is 9.18 Å². The van der Waals surface area contributed by atoms with E-state index in [1.165, 1.54) is 25.2 Å². The molecule has 70 valence electrons. The molecule has 4 N–H and O–H groups in total. The molecule has 4 nitrogen and oxygen atoms in total. The second-order valence-electron chi connectivity index (χ2n) is 2.41. The van der Waals surface area contributed by atoms with Gasteiger partial charge in [0.05, 0.1) is 5.69 Å². The number of nitrogens with one attached hydrogen (secondary N) is 2. The van der Waals surface area contributed by atoms with Crippen LogP contribution in [0.4, 0.5) is 20.6 Å². The molecule has 13 heavy (non-hydrogen) atoms. The minimum atomic E-state index is -0.552. The van der Waals surface area contributed by atoms with Crippen LogP contribution in [0.3, 0.4) is 0 Å². The Morgan fingerprint density at radius 3 is 2.77 bits per heavy atom. The van der Waals surface area contributed by atoms with Gasteiger partial charge >= 0.3 is 6.03 Å². The van der Waals surface area contributed by atoms with Crippen molar-refractivity contribution >= 4 is 17.4 Å². The van der Waals surface area contributed by atoms with Crippen molar-refractivity contribution in [3.63, 3.8) is 0 Å². The normalized spacial score (nSPS) is 9.38. The van der Waals surface area contributed by atoms with Gasteiger partial charge in [-0.2, -0.15) is 0 Å². The number of hydrogen-bond acceptors (Lipinski definition) is 2. The predicted octanol–water partition coefficient (Wildman–Crippen LogP) is 1.16. The van der Waals surface area contributed by atoms with E-state index in [9.17, 15) is 9.18 Å². The highest BCUT2D eigenvalue weighted by Gasteiger charge is 2.07. The number of hydrogen-bond donors (Lipinski definition) is 3. The Hall–Kier alpha value is -1.78. The van der Waals surface area contributed by atoms with E-state index in [1.807, 2.05) is 0 Å². The van der Waals surface area contributed by atoms with Crippen molar-refractivity contribution in [1.29, 1.82) is 0 Å². The minimum Gasteiger partial charge on any atom is -0.397 e. The summed E-state index contributed by atoms with van der Waals surface area (Å²) in [6.45, 7) is 0. The third kappa shape index (κ3) is 2.08. The van der Waals surface area contributed by atoms with E-state index in [0.29, 0.717) is 0 Å². The third-order valence-electron chi connectivity index (χ3n) is 1.51. The maximum Gasteiger partial charge on any atom is 0.319 e. The second kappa shape index (κ2) is 3.75. The molecule has 1 rings (SSSR count). The number of halogens is 1. The number of carbonyl (C=O) groups excluding carboxylic acids is 1. The van der Waals surface area contributed by atoms with E-state index < -0.39 is 11.8 Å². The van der Waals surface area contributed by atoms with Crippen LogP contribution in [0.1, 0.15) is 0 Å². The fourth-order valence-corrected chi connectivity index (χ4v) is 0.849. The van der Waals surface area contributed by atoms with Crippen molar-refractivity contribution in [2.45, 2.75) is 0 Å². The lowest BCUT2D eigenvalue weighted by molar-refractivity contribution is 0.254. The largest absolute Gasteiger partial charge is 0.397 e. The van der Waals surface area contributed by atoms with E-state index in [-0.39, 0.29) is 11.4 Å². The second-order valence-corrected chi connectivity index (χ2v) is 2.41. The van der Waals surface area contributed by atoms with Gasteiger partial charge < -0.3 is 16.4 Å². The summed E-state index contributed by atoms with van der Waals surface area (Å²) < 4.78 is 13.0. The maximum atomic E-state index is 13.0. The molecule has 0 spiro atoms. The number of carbonyl (C=O) groups is 1. The van der Waals surface area contributed by atoms with E-state index in [0.717, 1.165) is 0 Å². The van der Waals surface area contributed by atoms with Gasteiger partial charge in [0, 0.05) is 7.05 Å². The lowest BCUT2D eigenvalue weighted by Crippen LogP contribution is -2.25. The molecular weight excluding hydrogens is 173 g/mol. The molecule has 0 aliphatic carbocycles. The number of nitrogen functional groups attached to an aromatic ring is 1. The fourth-order valence-electron chi connectivity index (χ4n) is 0.849. The molecule has 0 bridgehead atoms. The summed E-state index contributed by atoms with van der Waals surface area (Å²) in [6.07, 6.45) is 0. The van der Waals surface area contributed by atoms with Crippen LogP contribution in [0.15, 0.2) is 18.2 Å². The van der Waals surface area contributed by atoms with Gasteiger partial charge in [-0.1, -0.05) is 6.07 Å². The molecule has 1 aromatic carbocycles. The highest BCUT2D eigenvalue weighted by Crippen LogP contribution is 2.21. The van der Waals surface area contributed by atoms with Crippen LogP contribution >= 0.6 is 0 Å². The van der Waals surface area contributed by atoms with Gasteiger partial charge in [0.15, 0.2) is 0 Å². The first-order chi connectivity index (χ1) is 6.15. The molecule has 0 unspecified atom stereocenters. The molecule has 0 heterocycles. The number of rotatable bonds is 1. The van der Waals surface area contributed by atoms with Crippen molar-refractivity contribution in [1.82, 2.24) is 5.32 Å². The lowest BCUT2D eigenvalue weighted by atomic mass is 10.2. The van der Waals surface area contributed by atoms with E-state index in [4.69, 9.17) is 5.73 Å². The number of para-hydroxylation sites is 1. The van der Waals surface area contributed by atoms with Crippen LogP contribution in [0.2, 0.25) is 0 Å². The first-order valence-electron chi connectivity index (χ1n) is 3.68. The Kier molecular flexibility index (Phi) is 2.69. The van der Waals surface area contributed by atoms with Crippen LogP contribution in [0.5, 0.6) is 0 Å². The molecule has 2 amide bonds. The zero-order valence-electron chi connectivity index (χ0n) is 7.10. The topological polar surface area (TPSA) is 67.2 Å². The van der Waals surface area contributed by atoms with Crippen LogP contribution < -0.4 is 16.4 Å². The Labute approximate surface area is 74.9 Å². The van der Waals surface area contributed by atoms with E-state index in [1.54, 1.807) is 0 Å². The number of anilines is 2. The van der Waals surface area contributed by atoms with Gasteiger partial charge in [-0.25, -0.2) is 9.18 Å². The summed E-state index contributed by atoms with van der Waals surface area (Å²) in [5.41, 5.74) is 5.64. The molecule has 0 saturated heterocycles. The summed E-state index contributed by atoms with van der Waals surface area (Å²) in [4.78, 5) is 10.8. The molecule has 1 aromatic rings. The zero-order chi connectivity index (χ0) is 9.84. The molecule has 0 saturated carbocycles. The van der Waals surface area contributed by atoms with Gasteiger partial charge in [-0.05, 0) is 12.1 Å². The molecule has 0 aromatic heterocycles. The van der Waals surface area contributed by atoms with Gasteiger partial charge in [-0.3, -0.25) is 0 Å². The van der Waals surface area contributed by atoms with Gasteiger partial charge in [0.1, 0.15) is 11.5 Å². The summed E-state index contributed by atoms with van der Waals surface area (Å²) >= 11 is 0. The van der Waals surface area contributed by atoms with Gasteiger partial charge in [-0.15, -0.1) is 0 Å². The number of nitrogens with two attached hydrogens (primary N) is 1. The SMILES string of the molecule is CNC(=O)Nc1c(N)cccc1F. The smallest absolute Gasteiger partial charge is 0.319 e. The molecule has 0 fully saturated rings. The standard InChI is InChI=1S/C8H10FN3O/c1-11-8(13)12-7-5(9)3-2-4-6(7)10/h2-4H,10H2,1H3,(H2,11,12,13). The van der Waals surface area contributed by atoms with E-state index >= 15 is 0 Å². The van der Waals surface area contributed by atoms with Crippen molar-refractivity contribution in [2.75, 3.05) is 18.1 Å². The highest BCUT2D eigenvalue weighted by atomic mass is 19.1. The van der Waals surface area contributed by atoms with Gasteiger partial charge in [0.25, 0.3) is 0 Å². The summed E-state index contributed by atoms with van der Waals surface area (Å²) in [5.74, 6) is -0.552. The van der Waals surface area contributed by atoms with E-state index in [2.05, 4.69) is 10.6 Å². The predicted molar refractivity (Wildman–Crippen MR) is 48.9 cm³/mol. The zero-order valence-corrected chi connectivity index (χ0v) is 7.10. The van der Waals surface area contributed by atoms with Crippen LogP contribution in [0.25, 0.3) is 0 Å². The Morgan fingerprint density at radius 1 is 1.54 bits per heavy atom. The number of amides is 2. The average Bonchev–Trinajstić information content (AvgIpc) is 2.11. The number of benzene rings is 1. The molecule has 5 heteroatoms. The monoisotopic (exact) mass is 183 g/mol. The molecule has 0 aliphatic heterocycles. The molecule has 0 atom stereocenters. The average molecular weight is 183 g/mol. The third-order valence-corrected chi connectivity index (χ3v) is 1.51. The molecule has 0 radical (unpaired) electrons. The Bertz CT molecular complexity index is 307. The summed E-state index contributed by atoms with van der Waals surface area (Å²) in [5, 5.41) is 4.57. The van der Waals surface area contributed by atoms with Crippen LogP contribution in [-0.4, -0.2) is 13.1 Å². The molecule has 0 aliphatic rings. The number of urea groups is 1. The van der Waals surface area contributed by atoms with Crippen molar-refractivity contribution in [3.8, 4) is 0 Å². The van der Waals surface area contributed by atoms with Crippen LogP contribution in [0, 0.1) is 5.82 Å². The Morgan fingerprint density at radius 2 is 2.23 bits per heavy atom. The highest BCUT2D eigenvalue weighted by molar-refractivity contribution is 5.92. The quantitative estimate of drug-likeness (QED) is 0.572. The van der Waals surface area contributed by atoms with Gasteiger partial charge in [0.2, 0.25) is 0 Å². The summed E-state index contributed by atoms with van der Waals surface area (Å²) in [7, 11) is 1.44. The van der Waals surface area contributed by atoms with Crippen LogP contribution in [-0.2, 0) is 0 Å². The first-order valence-corrected chi connectivity index (χ1v) is 3.68. The van der Waals surface area contributed by atoms with Crippen molar-refractivity contribution in [3.05, 3.63) is 24.0 Å². The maximum absolute atomic E-state index is 13.0. The fraction of sp³-hybridized carbons (Fsp3) is 0.125. The molecular formula is C8H10FN3O. The summed E-state index contributed by atoms with van der Waals surface area (Å²) in [6, 6.07) is 3.70. The minimum absolute atomic E-state index is 0.00171. The first kappa shape index (κ1) is 9.31.